The van der Waals surface area contributed by atoms with Crippen LogP contribution in [0.4, 0.5) is 0 Å². The molecule has 0 aliphatic carbocycles. The van der Waals surface area contributed by atoms with Gasteiger partial charge in [-0.1, -0.05) is 49.2 Å². The third kappa shape index (κ3) is 3.55. The topological polar surface area (TPSA) is 34.1 Å². The Hall–Kier alpha value is -0.860. The van der Waals surface area contributed by atoms with Gasteiger partial charge in [0.25, 0.3) is 0 Å². The van der Waals surface area contributed by atoms with Gasteiger partial charge in [-0.05, 0) is 18.1 Å². The second-order valence-corrected chi connectivity index (χ2v) is 4.77. The van der Waals surface area contributed by atoms with Crippen LogP contribution in [-0.4, -0.2) is 11.6 Å². The molecule has 0 spiro atoms. The van der Waals surface area contributed by atoms with Gasteiger partial charge in [0.05, 0.1) is 10.0 Å². The van der Waals surface area contributed by atoms with E-state index in [0.29, 0.717) is 22.0 Å². The highest BCUT2D eigenvalue weighted by Gasteiger charge is 2.21. The quantitative estimate of drug-likeness (QED) is 0.766. The van der Waals surface area contributed by atoms with E-state index in [1.165, 1.54) is 0 Å². The van der Waals surface area contributed by atoms with E-state index in [1.54, 1.807) is 25.1 Å². The van der Waals surface area contributed by atoms with E-state index in [0.717, 1.165) is 0 Å². The lowest BCUT2D eigenvalue weighted by Crippen LogP contribution is -2.23. The van der Waals surface area contributed by atoms with Crippen LogP contribution < -0.4 is 0 Å². The van der Waals surface area contributed by atoms with Gasteiger partial charge in [-0.3, -0.25) is 9.59 Å². The molecule has 0 saturated carbocycles. The lowest BCUT2D eigenvalue weighted by atomic mass is 9.96. The van der Waals surface area contributed by atoms with Gasteiger partial charge in [-0.25, -0.2) is 0 Å². The summed E-state index contributed by atoms with van der Waals surface area (Å²) in [5, 5.41) is 0.743. The average molecular weight is 273 g/mol. The molecule has 1 aromatic carbocycles. The van der Waals surface area contributed by atoms with Crippen molar-refractivity contribution >= 4 is 34.8 Å². The summed E-state index contributed by atoms with van der Waals surface area (Å²) in [6.07, 6.45) is 0.677. The Bertz CT molecular complexity index is 441. The molecule has 0 radical (unpaired) electrons. The fraction of sp³-hybridized carbons (Fsp3) is 0.385. The lowest BCUT2D eigenvalue weighted by Gasteiger charge is -2.07. The molecule has 1 atom stereocenters. The Kier molecular flexibility index (Phi) is 5.16. The fourth-order valence-electron chi connectivity index (χ4n) is 1.41. The van der Waals surface area contributed by atoms with E-state index in [-0.39, 0.29) is 18.1 Å². The monoisotopic (exact) mass is 272 g/mol. The van der Waals surface area contributed by atoms with Crippen molar-refractivity contribution in [2.45, 2.75) is 26.7 Å². The number of carbonyl (C=O) groups excluding carboxylic acids is 2. The van der Waals surface area contributed by atoms with Gasteiger partial charge in [-0.15, -0.1) is 0 Å². The maximum atomic E-state index is 11.7. The smallest absolute Gasteiger partial charge is 0.203 e. The Morgan fingerprint density at radius 3 is 2.53 bits per heavy atom. The Morgan fingerprint density at radius 1 is 1.29 bits per heavy atom. The van der Waals surface area contributed by atoms with Crippen LogP contribution in [0.2, 0.25) is 10.0 Å². The number of Topliss-reactive ketones (excluding diaryl/α,β-unsaturated/α-hetero) is 2. The number of hydrogen-bond donors (Lipinski definition) is 0. The van der Waals surface area contributed by atoms with Gasteiger partial charge in [0.2, 0.25) is 11.6 Å². The third-order valence-electron chi connectivity index (χ3n) is 2.72. The minimum Gasteiger partial charge on any atom is -0.291 e. The molecule has 0 amide bonds. The van der Waals surface area contributed by atoms with Crippen molar-refractivity contribution in [3.05, 3.63) is 33.8 Å². The van der Waals surface area contributed by atoms with Crippen molar-refractivity contribution in [2.75, 3.05) is 0 Å². The highest BCUT2D eigenvalue weighted by molar-refractivity contribution is 6.43. The molecule has 92 valence electrons. The highest BCUT2D eigenvalue weighted by atomic mass is 35.5. The van der Waals surface area contributed by atoms with Gasteiger partial charge in [0.1, 0.15) is 0 Å². The zero-order valence-electron chi connectivity index (χ0n) is 9.80. The van der Waals surface area contributed by atoms with Crippen LogP contribution in [-0.2, 0) is 16.0 Å². The van der Waals surface area contributed by atoms with Crippen LogP contribution in [0.25, 0.3) is 0 Å². The average Bonchev–Trinajstić information content (AvgIpc) is 2.32. The molecule has 0 saturated heterocycles. The summed E-state index contributed by atoms with van der Waals surface area (Å²) in [6.45, 7) is 3.63. The molecule has 1 unspecified atom stereocenters. The Labute approximate surface area is 111 Å². The standard InChI is InChI=1S/C13H14Cl2O2/c1-3-8(2)13(17)11(16)7-9-5-4-6-10(14)12(9)15/h4-6,8H,3,7H2,1-2H3. The first-order valence-electron chi connectivity index (χ1n) is 5.47. The predicted octanol–water partition coefficient (Wildman–Crippen LogP) is 3.72. The maximum absolute atomic E-state index is 11.7. The summed E-state index contributed by atoms with van der Waals surface area (Å²) in [7, 11) is 0. The first-order valence-corrected chi connectivity index (χ1v) is 6.22. The minimum atomic E-state index is -0.413. The predicted molar refractivity (Wildman–Crippen MR) is 69.6 cm³/mol. The number of carbonyl (C=O) groups is 2. The number of rotatable bonds is 5. The van der Waals surface area contributed by atoms with Crippen LogP contribution in [0.5, 0.6) is 0 Å². The van der Waals surface area contributed by atoms with E-state index >= 15 is 0 Å². The zero-order valence-corrected chi connectivity index (χ0v) is 11.3. The summed E-state index contributed by atoms with van der Waals surface area (Å²) >= 11 is 11.8. The summed E-state index contributed by atoms with van der Waals surface area (Å²) in [5.41, 5.74) is 0.598. The van der Waals surface area contributed by atoms with Crippen molar-refractivity contribution in [3.63, 3.8) is 0 Å². The molecule has 0 aromatic heterocycles. The molecule has 4 heteroatoms. The summed E-state index contributed by atoms with van der Waals surface area (Å²) in [4.78, 5) is 23.4. The van der Waals surface area contributed by atoms with Gasteiger partial charge in [0.15, 0.2) is 0 Å². The van der Waals surface area contributed by atoms with E-state index < -0.39 is 5.78 Å². The van der Waals surface area contributed by atoms with Crippen LogP contribution in [0, 0.1) is 5.92 Å². The molecule has 1 aromatic rings. The molecular weight excluding hydrogens is 259 g/mol. The number of ketones is 2. The zero-order chi connectivity index (χ0) is 13.0. The number of hydrogen-bond acceptors (Lipinski definition) is 2. The summed E-state index contributed by atoms with van der Waals surface area (Å²) in [6, 6.07) is 5.06. The van der Waals surface area contributed by atoms with E-state index in [9.17, 15) is 9.59 Å². The van der Waals surface area contributed by atoms with Gasteiger partial charge < -0.3 is 0 Å². The highest BCUT2D eigenvalue weighted by Crippen LogP contribution is 2.26. The molecular formula is C13H14Cl2O2. The molecule has 1 rings (SSSR count). The lowest BCUT2D eigenvalue weighted by molar-refractivity contribution is -0.138. The Balaban J connectivity index is 2.82. The summed E-state index contributed by atoms with van der Waals surface area (Å²) in [5.74, 6) is -0.993. The van der Waals surface area contributed by atoms with Crippen molar-refractivity contribution in [3.8, 4) is 0 Å². The van der Waals surface area contributed by atoms with Gasteiger partial charge >= 0.3 is 0 Å². The van der Waals surface area contributed by atoms with Gasteiger partial charge in [-0.2, -0.15) is 0 Å². The molecule has 0 aliphatic heterocycles. The van der Waals surface area contributed by atoms with Crippen LogP contribution in [0.1, 0.15) is 25.8 Å². The largest absolute Gasteiger partial charge is 0.291 e. The van der Waals surface area contributed by atoms with Crippen LogP contribution in [0.3, 0.4) is 0 Å². The van der Waals surface area contributed by atoms with Crippen molar-refractivity contribution in [2.24, 2.45) is 5.92 Å². The molecule has 0 bridgehead atoms. The van der Waals surface area contributed by atoms with E-state index in [4.69, 9.17) is 23.2 Å². The molecule has 0 heterocycles. The fourth-order valence-corrected chi connectivity index (χ4v) is 1.79. The first kappa shape index (κ1) is 14.2. The van der Waals surface area contributed by atoms with E-state index in [2.05, 4.69) is 0 Å². The molecule has 0 aliphatic rings. The normalized spacial score (nSPS) is 12.2. The van der Waals surface area contributed by atoms with E-state index in [1.807, 2.05) is 6.92 Å². The Morgan fingerprint density at radius 2 is 1.94 bits per heavy atom. The van der Waals surface area contributed by atoms with Crippen LogP contribution in [0.15, 0.2) is 18.2 Å². The van der Waals surface area contributed by atoms with Crippen LogP contribution >= 0.6 is 23.2 Å². The van der Waals surface area contributed by atoms with Crippen molar-refractivity contribution < 1.29 is 9.59 Å². The van der Waals surface area contributed by atoms with Crippen molar-refractivity contribution in [1.82, 2.24) is 0 Å². The molecule has 17 heavy (non-hydrogen) atoms. The number of halogens is 2. The second-order valence-electron chi connectivity index (χ2n) is 3.99. The molecule has 0 fully saturated rings. The summed E-state index contributed by atoms with van der Waals surface area (Å²) < 4.78 is 0. The third-order valence-corrected chi connectivity index (χ3v) is 3.58. The number of benzene rings is 1. The first-order chi connectivity index (χ1) is 7.97. The second kappa shape index (κ2) is 6.18. The van der Waals surface area contributed by atoms with Crippen molar-refractivity contribution in [1.29, 1.82) is 0 Å². The minimum absolute atomic E-state index is 0.0164. The molecule has 2 nitrogen and oxygen atoms in total. The molecule has 0 N–H and O–H groups in total. The van der Waals surface area contributed by atoms with Gasteiger partial charge in [0, 0.05) is 12.3 Å². The maximum Gasteiger partial charge on any atom is 0.203 e. The SMILES string of the molecule is CCC(C)C(=O)C(=O)Cc1cccc(Cl)c1Cl.